The van der Waals surface area contributed by atoms with Gasteiger partial charge in [-0.2, -0.15) is 5.26 Å². The molecule has 0 saturated carbocycles. The largest absolute Gasteiger partial charge is 0.241 e. The van der Waals surface area contributed by atoms with Crippen LogP contribution < -0.4 is 4.72 Å². The van der Waals surface area contributed by atoms with Gasteiger partial charge in [0.25, 0.3) is 0 Å². The predicted octanol–water partition coefficient (Wildman–Crippen LogP) is 1.80. The average Bonchev–Trinajstić information content (AvgIpc) is 2.34. The third-order valence-corrected chi connectivity index (χ3v) is 3.66. The smallest absolute Gasteiger partial charge is 0.211 e. The van der Waals surface area contributed by atoms with E-state index in [9.17, 15) is 8.42 Å². The average molecular weight is 250 g/mol. The number of allylic oxidation sites excluding steroid dienone is 1. The Kier molecular flexibility index (Phi) is 4.88. The zero-order valence-electron chi connectivity index (χ0n) is 9.55. The van der Waals surface area contributed by atoms with Crippen LogP contribution in [0.2, 0.25) is 0 Å². The van der Waals surface area contributed by atoms with Gasteiger partial charge in [-0.3, -0.25) is 0 Å². The molecule has 17 heavy (non-hydrogen) atoms. The first-order valence-electron chi connectivity index (χ1n) is 5.22. The van der Waals surface area contributed by atoms with Crippen LogP contribution in [0.3, 0.4) is 0 Å². The third kappa shape index (κ3) is 3.70. The normalized spacial score (nSPS) is 11.5. The van der Waals surface area contributed by atoms with Crippen molar-refractivity contribution in [3.05, 3.63) is 42.0 Å². The highest BCUT2D eigenvalue weighted by atomic mass is 32.2. The summed E-state index contributed by atoms with van der Waals surface area (Å²) in [5.41, 5.74) is 0.158. The van der Waals surface area contributed by atoms with E-state index in [0.29, 0.717) is 13.0 Å². The van der Waals surface area contributed by atoms with Crippen LogP contribution in [0.4, 0.5) is 0 Å². The third-order valence-electron chi connectivity index (χ3n) is 2.14. The quantitative estimate of drug-likeness (QED) is 0.640. The van der Waals surface area contributed by atoms with Crippen LogP contribution in [-0.4, -0.2) is 15.0 Å². The molecule has 0 spiro atoms. The topological polar surface area (TPSA) is 70.0 Å². The van der Waals surface area contributed by atoms with Gasteiger partial charge >= 0.3 is 0 Å². The van der Waals surface area contributed by atoms with Gasteiger partial charge in [0.05, 0.1) is 10.5 Å². The van der Waals surface area contributed by atoms with Crippen LogP contribution in [0.1, 0.15) is 18.9 Å². The minimum absolute atomic E-state index is 0.0305. The molecule has 90 valence electrons. The molecule has 0 aliphatic rings. The number of hydrogen-bond donors (Lipinski definition) is 1. The van der Waals surface area contributed by atoms with Gasteiger partial charge < -0.3 is 0 Å². The molecule has 1 aromatic rings. The lowest BCUT2D eigenvalue weighted by atomic mass is 10.2. The van der Waals surface area contributed by atoms with Gasteiger partial charge in [-0.25, -0.2) is 13.1 Å². The molecule has 4 nitrogen and oxygen atoms in total. The molecule has 0 heterocycles. The maximum atomic E-state index is 11.9. The summed E-state index contributed by atoms with van der Waals surface area (Å²) in [7, 11) is -3.59. The van der Waals surface area contributed by atoms with E-state index in [4.69, 9.17) is 5.26 Å². The molecule has 0 unspecified atom stereocenters. The van der Waals surface area contributed by atoms with E-state index < -0.39 is 10.0 Å². The number of nitrogens with zero attached hydrogens (tertiary/aromatic N) is 1. The molecule has 0 radical (unpaired) electrons. The molecule has 0 fully saturated rings. The Morgan fingerprint density at radius 2 is 2.12 bits per heavy atom. The molecule has 0 aliphatic carbocycles. The summed E-state index contributed by atoms with van der Waals surface area (Å²) in [4.78, 5) is 0.0305. The second-order valence-corrected chi connectivity index (χ2v) is 5.10. The lowest BCUT2D eigenvalue weighted by Gasteiger charge is -2.06. The fourth-order valence-electron chi connectivity index (χ4n) is 1.31. The van der Waals surface area contributed by atoms with Crippen molar-refractivity contribution >= 4 is 10.0 Å². The van der Waals surface area contributed by atoms with E-state index in [0.717, 1.165) is 0 Å². The predicted molar refractivity (Wildman–Crippen MR) is 65.8 cm³/mol. The Balaban J connectivity index is 2.87. The maximum absolute atomic E-state index is 11.9. The van der Waals surface area contributed by atoms with Crippen LogP contribution in [0.25, 0.3) is 0 Å². The SMILES string of the molecule is C/C=C/CCNS(=O)(=O)c1ccccc1C#N. The summed E-state index contributed by atoms with van der Waals surface area (Å²) in [6.45, 7) is 2.20. The van der Waals surface area contributed by atoms with Gasteiger partial charge in [-0.1, -0.05) is 24.3 Å². The molecule has 0 amide bonds. The van der Waals surface area contributed by atoms with Gasteiger partial charge in [0.2, 0.25) is 10.0 Å². The summed E-state index contributed by atoms with van der Waals surface area (Å²) < 4.78 is 26.2. The molecule has 0 atom stereocenters. The first kappa shape index (κ1) is 13.4. The highest BCUT2D eigenvalue weighted by Gasteiger charge is 2.16. The Labute approximate surface area is 102 Å². The van der Waals surface area contributed by atoms with Crippen molar-refractivity contribution in [2.24, 2.45) is 0 Å². The molecule has 1 aromatic carbocycles. The Bertz CT molecular complexity index is 542. The van der Waals surface area contributed by atoms with Crippen molar-refractivity contribution in [2.75, 3.05) is 6.54 Å². The molecule has 5 heteroatoms. The van der Waals surface area contributed by atoms with Crippen molar-refractivity contribution in [3.8, 4) is 6.07 Å². The Hall–Kier alpha value is -1.64. The van der Waals surface area contributed by atoms with E-state index in [-0.39, 0.29) is 10.5 Å². The molecular weight excluding hydrogens is 236 g/mol. The van der Waals surface area contributed by atoms with E-state index in [1.165, 1.54) is 12.1 Å². The maximum Gasteiger partial charge on any atom is 0.241 e. The van der Waals surface area contributed by atoms with Gasteiger partial charge in [0.1, 0.15) is 6.07 Å². The number of hydrogen-bond acceptors (Lipinski definition) is 3. The van der Waals surface area contributed by atoms with E-state index in [1.54, 1.807) is 12.1 Å². The number of nitriles is 1. The fourth-order valence-corrected chi connectivity index (χ4v) is 2.52. The van der Waals surface area contributed by atoms with Crippen molar-refractivity contribution in [1.29, 1.82) is 5.26 Å². The Morgan fingerprint density at radius 3 is 2.76 bits per heavy atom. The van der Waals surface area contributed by atoms with Gasteiger partial charge in [0, 0.05) is 6.54 Å². The van der Waals surface area contributed by atoms with Crippen molar-refractivity contribution < 1.29 is 8.42 Å². The summed E-state index contributed by atoms with van der Waals surface area (Å²) in [5, 5.41) is 8.84. The molecule has 1 N–H and O–H groups in total. The van der Waals surface area contributed by atoms with Crippen molar-refractivity contribution in [3.63, 3.8) is 0 Å². The molecule has 0 aromatic heterocycles. The van der Waals surface area contributed by atoms with Crippen molar-refractivity contribution in [1.82, 2.24) is 4.72 Å². The fraction of sp³-hybridized carbons (Fsp3) is 0.250. The lowest BCUT2D eigenvalue weighted by Crippen LogP contribution is -2.25. The number of nitrogens with one attached hydrogen (secondary N) is 1. The summed E-state index contributed by atoms with van der Waals surface area (Å²) in [5.74, 6) is 0. The lowest BCUT2D eigenvalue weighted by molar-refractivity contribution is 0.582. The molecule has 0 saturated heterocycles. The van der Waals surface area contributed by atoms with Crippen LogP contribution in [-0.2, 0) is 10.0 Å². The number of rotatable bonds is 5. The second-order valence-electron chi connectivity index (χ2n) is 3.36. The first-order valence-corrected chi connectivity index (χ1v) is 6.70. The van der Waals surface area contributed by atoms with Crippen LogP contribution in [0, 0.1) is 11.3 Å². The minimum Gasteiger partial charge on any atom is -0.211 e. The highest BCUT2D eigenvalue weighted by molar-refractivity contribution is 7.89. The zero-order valence-corrected chi connectivity index (χ0v) is 10.4. The minimum atomic E-state index is -3.59. The monoisotopic (exact) mass is 250 g/mol. The van der Waals surface area contributed by atoms with E-state index in [2.05, 4.69) is 4.72 Å². The highest BCUT2D eigenvalue weighted by Crippen LogP contribution is 2.13. The summed E-state index contributed by atoms with van der Waals surface area (Å²) in [6, 6.07) is 8.02. The standard InChI is InChI=1S/C12H14N2O2S/c1-2-3-6-9-14-17(15,16)12-8-5-4-7-11(12)10-13/h2-5,7-8,14H,6,9H2,1H3/b3-2+. The molecule has 1 rings (SSSR count). The van der Waals surface area contributed by atoms with Gasteiger partial charge in [0.15, 0.2) is 0 Å². The molecule has 0 bridgehead atoms. The van der Waals surface area contributed by atoms with Crippen LogP contribution in [0.5, 0.6) is 0 Å². The van der Waals surface area contributed by atoms with E-state index >= 15 is 0 Å². The van der Waals surface area contributed by atoms with Crippen molar-refractivity contribution in [2.45, 2.75) is 18.2 Å². The summed E-state index contributed by atoms with van der Waals surface area (Å²) >= 11 is 0. The number of sulfonamides is 1. The van der Waals surface area contributed by atoms with Crippen LogP contribution >= 0.6 is 0 Å². The number of benzene rings is 1. The first-order chi connectivity index (χ1) is 8.11. The van der Waals surface area contributed by atoms with E-state index in [1.807, 2.05) is 25.1 Å². The molecule has 0 aliphatic heterocycles. The zero-order chi connectivity index (χ0) is 12.7. The summed E-state index contributed by atoms with van der Waals surface area (Å²) in [6.07, 6.45) is 4.36. The Morgan fingerprint density at radius 1 is 1.41 bits per heavy atom. The molecular formula is C12H14N2O2S. The van der Waals surface area contributed by atoms with Gasteiger partial charge in [-0.05, 0) is 25.5 Å². The van der Waals surface area contributed by atoms with Gasteiger partial charge in [-0.15, -0.1) is 0 Å². The van der Waals surface area contributed by atoms with Crippen LogP contribution in [0.15, 0.2) is 41.3 Å². The second kappa shape index (κ2) is 6.18.